The number of hydrogen-bond donors (Lipinski definition) is 0. The smallest absolute Gasteiger partial charge is 0.269 e. The van der Waals surface area contributed by atoms with Crippen LogP contribution in [0.25, 0.3) is 83.4 Å². The molecule has 82 heavy (non-hydrogen) atoms. The standard InChI is InChI=1S/C76H58N4OSi/c1-76(2,3)58-45-46-77-74(50-58)80-70-40-20-19-37-68(70)69-44-43-60(52-73(69)80)81-61-48-57(56-29-23-36-65(49-56)82(62-30-13-6-14-31-62,63-32-15-7-16-33-63)64-34-17-8-18-35-64)47-59(51-61)78-53-79(72-42-22-21-41-71(72)78)75-66(54-25-9-4-10-26-54)38-24-39-67(75)55-27-11-5-12-28-55/h4-52H,1-3H3/i4D,5D,9D,10D,11D,12D,25D,26D,27D,28D. The first-order chi connectivity index (χ1) is 44.4. The van der Waals surface area contributed by atoms with Gasteiger partial charge < -0.3 is 4.74 Å². The zero-order valence-electron chi connectivity index (χ0n) is 55.2. The van der Waals surface area contributed by atoms with Gasteiger partial charge in [-0.1, -0.05) is 257 Å². The van der Waals surface area contributed by atoms with Crippen LogP contribution in [-0.4, -0.2) is 22.2 Å². The summed E-state index contributed by atoms with van der Waals surface area (Å²) >= 11 is 0. The van der Waals surface area contributed by atoms with E-state index >= 15 is 0 Å². The van der Waals surface area contributed by atoms with Crippen molar-refractivity contribution in [2.24, 2.45) is 0 Å². The van der Waals surface area contributed by atoms with Crippen LogP contribution in [-0.2, 0) is 5.41 Å². The second-order valence-electron chi connectivity index (χ2n) is 21.4. The Balaban J connectivity index is 1.03. The zero-order chi connectivity index (χ0) is 63.9. The molecule has 0 spiro atoms. The molecular weight excluding hydrogens is 1010 g/mol. The number of fused-ring (bicyclic) bond motifs is 4. The van der Waals surface area contributed by atoms with Crippen molar-refractivity contribution in [3.8, 4) is 62.1 Å². The molecule has 0 unspecified atom stereocenters. The maximum absolute atomic E-state index is 9.30. The molecule has 6 heteroatoms. The lowest BCUT2D eigenvalue weighted by molar-refractivity contribution is -0.571. The van der Waals surface area contributed by atoms with Crippen molar-refractivity contribution in [3.63, 3.8) is 0 Å². The number of benzene rings is 11. The van der Waals surface area contributed by atoms with E-state index in [9.17, 15) is 5.48 Å². The number of imidazole rings is 1. The molecule has 0 aliphatic carbocycles. The van der Waals surface area contributed by atoms with Crippen LogP contribution in [0.4, 0.5) is 0 Å². The Morgan fingerprint density at radius 3 is 1.68 bits per heavy atom. The molecule has 0 fully saturated rings. The number of aromatic nitrogens is 4. The lowest BCUT2D eigenvalue weighted by atomic mass is 9.88. The van der Waals surface area contributed by atoms with Gasteiger partial charge in [-0.25, -0.2) is 4.98 Å². The highest BCUT2D eigenvalue weighted by molar-refractivity contribution is 7.19. The molecule has 0 aliphatic rings. The Kier molecular flexibility index (Phi) is 10.2. The predicted molar refractivity (Wildman–Crippen MR) is 341 cm³/mol. The maximum atomic E-state index is 9.30. The van der Waals surface area contributed by atoms with Crippen molar-refractivity contribution >= 4 is 61.7 Å². The van der Waals surface area contributed by atoms with Gasteiger partial charge in [0.05, 0.1) is 47.1 Å². The van der Waals surface area contributed by atoms with Crippen LogP contribution in [0, 0.1) is 6.33 Å². The third-order valence-electron chi connectivity index (χ3n) is 15.5. The number of ether oxygens (including phenoxy) is 1. The Morgan fingerprint density at radius 1 is 0.463 bits per heavy atom. The zero-order valence-corrected chi connectivity index (χ0v) is 46.2. The second kappa shape index (κ2) is 20.8. The summed E-state index contributed by atoms with van der Waals surface area (Å²) in [6.45, 7) is 6.57. The third-order valence-corrected chi connectivity index (χ3v) is 20.3. The fourth-order valence-electron chi connectivity index (χ4n) is 11.7. The number of para-hydroxylation sites is 4. The van der Waals surface area contributed by atoms with Gasteiger partial charge in [0.2, 0.25) is 0 Å². The quantitative estimate of drug-likeness (QED) is 0.0529. The summed E-state index contributed by atoms with van der Waals surface area (Å²) in [7, 11) is -3.05. The van der Waals surface area contributed by atoms with Crippen LogP contribution in [0.2, 0.25) is 0 Å². The van der Waals surface area contributed by atoms with Gasteiger partial charge in [-0.2, -0.15) is 0 Å². The average molecular weight is 1080 g/mol. The van der Waals surface area contributed by atoms with Gasteiger partial charge in [-0.15, -0.1) is 0 Å². The van der Waals surface area contributed by atoms with Crippen molar-refractivity contribution in [1.82, 2.24) is 14.1 Å². The predicted octanol–water partition coefficient (Wildman–Crippen LogP) is 15.7. The van der Waals surface area contributed by atoms with Crippen LogP contribution in [0.3, 0.4) is 0 Å². The van der Waals surface area contributed by atoms with E-state index in [0.29, 0.717) is 28.2 Å². The molecule has 0 bridgehead atoms. The van der Waals surface area contributed by atoms with Crippen LogP contribution in [0.15, 0.2) is 297 Å². The first-order valence-electron chi connectivity index (χ1n) is 32.3. The largest absolute Gasteiger partial charge is 0.458 e. The molecule has 3 heterocycles. The Morgan fingerprint density at radius 2 is 1.04 bits per heavy atom. The topological polar surface area (TPSA) is 35.9 Å². The molecule has 0 aliphatic heterocycles. The van der Waals surface area contributed by atoms with E-state index in [0.717, 1.165) is 49.5 Å². The van der Waals surface area contributed by atoms with Crippen LogP contribution in [0.5, 0.6) is 11.5 Å². The molecule has 0 saturated carbocycles. The fraction of sp³-hybridized carbons (Fsp3) is 0.0526. The molecule has 3 aromatic heterocycles. The lowest BCUT2D eigenvalue weighted by Gasteiger charge is -2.34. The molecule has 0 amide bonds. The molecule has 0 radical (unpaired) electrons. The highest BCUT2D eigenvalue weighted by Crippen LogP contribution is 2.39. The number of pyridine rings is 1. The van der Waals surface area contributed by atoms with Gasteiger partial charge in [0.15, 0.2) is 8.07 Å². The van der Waals surface area contributed by atoms with Gasteiger partial charge in [-0.05, 0) is 114 Å². The highest BCUT2D eigenvalue weighted by atomic mass is 28.3. The average Bonchev–Trinajstić information content (AvgIpc) is 1.48. The van der Waals surface area contributed by atoms with Gasteiger partial charge >= 0.3 is 0 Å². The van der Waals surface area contributed by atoms with E-state index in [4.69, 9.17) is 17.9 Å². The molecule has 14 aromatic rings. The second-order valence-corrected chi connectivity index (χ2v) is 25.2. The van der Waals surface area contributed by atoms with Gasteiger partial charge in [0, 0.05) is 23.0 Å². The third kappa shape index (κ3) is 8.90. The molecule has 0 N–H and O–H groups in total. The number of nitrogens with zero attached hydrogens (tertiary/aromatic N) is 4. The summed E-state index contributed by atoms with van der Waals surface area (Å²) in [5, 5.41) is 6.87. The molecule has 392 valence electrons. The lowest BCUT2D eigenvalue weighted by Crippen LogP contribution is -2.74. The van der Waals surface area contributed by atoms with Crippen LogP contribution < -0.4 is 30.1 Å². The Hall–Kier alpha value is -10.1. The minimum absolute atomic E-state index is 0.136. The minimum Gasteiger partial charge on any atom is -0.458 e. The fourth-order valence-corrected chi connectivity index (χ4v) is 16.5. The number of hydrogen-bond acceptors (Lipinski definition) is 2. The van der Waals surface area contributed by atoms with Crippen molar-refractivity contribution in [2.45, 2.75) is 26.2 Å². The van der Waals surface area contributed by atoms with E-state index < -0.39 is 68.5 Å². The molecule has 11 aromatic carbocycles. The molecule has 0 atom stereocenters. The van der Waals surface area contributed by atoms with Crippen molar-refractivity contribution < 1.29 is 23.0 Å². The first-order valence-corrected chi connectivity index (χ1v) is 29.3. The van der Waals surface area contributed by atoms with Gasteiger partial charge in [0.25, 0.3) is 6.33 Å². The first kappa shape index (κ1) is 40.1. The molecule has 5 nitrogen and oxygen atoms in total. The molecule has 0 saturated heterocycles. The summed E-state index contributed by atoms with van der Waals surface area (Å²) < 4.78 is 103. The summed E-state index contributed by atoms with van der Waals surface area (Å²) in [4.78, 5) is 4.95. The summed E-state index contributed by atoms with van der Waals surface area (Å²) in [6, 6.07) is 72.7. The molecular formula is C76H58N4OSi. The summed E-state index contributed by atoms with van der Waals surface area (Å²) in [5.41, 5.74) is 6.48. The normalized spacial score (nSPS) is 13.5. The van der Waals surface area contributed by atoms with Crippen molar-refractivity contribution in [2.75, 3.05) is 0 Å². The van der Waals surface area contributed by atoms with Crippen LogP contribution in [0.1, 0.15) is 40.0 Å². The van der Waals surface area contributed by atoms with Crippen LogP contribution >= 0.6 is 0 Å². The van der Waals surface area contributed by atoms with E-state index in [1.165, 1.54) is 15.6 Å². The minimum atomic E-state index is -3.05. The summed E-state index contributed by atoms with van der Waals surface area (Å²) in [5.74, 6) is 1.81. The summed E-state index contributed by atoms with van der Waals surface area (Å²) in [6.07, 6.45) is 5.48. The highest BCUT2D eigenvalue weighted by Gasteiger charge is 2.41. The molecule has 14 rings (SSSR count). The Labute approximate surface area is 494 Å². The van der Waals surface area contributed by atoms with E-state index in [2.05, 4.69) is 189 Å². The van der Waals surface area contributed by atoms with E-state index in [-0.39, 0.29) is 33.4 Å². The van der Waals surface area contributed by atoms with Gasteiger partial charge in [0.1, 0.15) is 17.3 Å². The Bertz CT molecular complexity index is 5020. The maximum Gasteiger partial charge on any atom is 0.269 e. The van der Waals surface area contributed by atoms with E-state index in [1.807, 2.05) is 65.4 Å². The number of rotatable bonds is 12. The van der Waals surface area contributed by atoms with Crippen molar-refractivity contribution in [3.05, 3.63) is 309 Å². The van der Waals surface area contributed by atoms with E-state index in [1.54, 1.807) is 22.8 Å². The van der Waals surface area contributed by atoms with Gasteiger partial charge in [-0.3, -0.25) is 13.7 Å². The SMILES string of the molecule is [2H]c1c([2H])c([2H])c(-c2cccc(-c3c([2H])c([2H])c([2H])c([2H])c3[2H])c2-[n+]2[c-]n(-c3cc(Oc4ccc5c6ccccc6n(-c6cc(C(C)(C)C)ccn6)c5c4)cc(-c4cccc([Si](c5ccccc5)(c5ccccc5)c5ccccc5)c4)c3)c3ccccc32)c([2H])c1[2H]. The monoisotopic (exact) mass is 1080 g/mol. The van der Waals surface area contributed by atoms with Crippen molar-refractivity contribution in [1.29, 1.82) is 0 Å².